The number of carbonyl (C=O) groups is 1. The Morgan fingerprint density at radius 3 is 2.62 bits per heavy atom. The average molecular weight is 492 g/mol. The second-order valence-corrected chi connectivity index (χ2v) is 10.4. The normalized spacial score (nSPS) is 15.1. The summed E-state index contributed by atoms with van der Waals surface area (Å²) in [6, 6.07) is 16.1. The number of hydrogen-bond acceptors (Lipinski definition) is 5. The van der Waals surface area contributed by atoms with Crippen LogP contribution in [0.1, 0.15) is 38.3 Å². The monoisotopic (exact) mass is 491 g/mol. The third-order valence-electron chi connectivity index (χ3n) is 5.38. The van der Waals surface area contributed by atoms with Crippen LogP contribution in [0.15, 0.2) is 59.6 Å². The van der Waals surface area contributed by atoms with Gasteiger partial charge in [0.2, 0.25) is 0 Å². The molecule has 0 unspecified atom stereocenters. The zero-order valence-corrected chi connectivity index (χ0v) is 21.6. The first-order valence-corrected chi connectivity index (χ1v) is 12.7. The van der Waals surface area contributed by atoms with Crippen molar-refractivity contribution >= 4 is 40.3 Å². The van der Waals surface area contributed by atoms with Crippen LogP contribution in [0.2, 0.25) is 0 Å². The summed E-state index contributed by atoms with van der Waals surface area (Å²) in [6.45, 7) is 9.61. The van der Waals surface area contributed by atoms with E-state index in [0.29, 0.717) is 28.3 Å². The lowest BCUT2D eigenvalue weighted by molar-refractivity contribution is -0.122. The fraction of sp³-hybridized carbons (Fsp3) is 0.296. The molecule has 0 radical (unpaired) electrons. The Kier molecular flexibility index (Phi) is 7.54. The summed E-state index contributed by atoms with van der Waals surface area (Å²) in [5, 5.41) is 4.90. The van der Waals surface area contributed by atoms with Gasteiger partial charge in [0.05, 0.1) is 17.2 Å². The Morgan fingerprint density at radius 2 is 1.94 bits per heavy atom. The molecule has 5 nitrogen and oxygen atoms in total. The summed E-state index contributed by atoms with van der Waals surface area (Å²) < 4.78 is 8.31. The molecule has 0 saturated carbocycles. The van der Waals surface area contributed by atoms with Crippen molar-refractivity contribution in [2.24, 2.45) is 5.92 Å². The molecule has 0 spiro atoms. The number of aromatic nitrogens is 2. The van der Waals surface area contributed by atoms with E-state index in [1.54, 1.807) is 4.90 Å². The lowest BCUT2D eigenvalue weighted by atomic mass is 10.0. The maximum atomic E-state index is 13.1. The van der Waals surface area contributed by atoms with Crippen LogP contribution >= 0.6 is 24.0 Å². The molecule has 0 bridgehead atoms. The van der Waals surface area contributed by atoms with E-state index in [1.165, 1.54) is 11.8 Å². The Labute approximate surface area is 210 Å². The summed E-state index contributed by atoms with van der Waals surface area (Å²) in [4.78, 5) is 15.4. The van der Waals surface area contributed by atoms with Crippen LogP contribution in [-0.4, -0.2) is 38.1 Å². The zero-order valence-electron chi connectivity index (χ0n) is 19.9. The molecule has 1 aliphatic heterocycles. The molecule has 0 N–H and O–H groups in total. The Balaban J connectivity index is 1.76. The van der Waals surface area contributed by atoms with E-state index >= 15 is 0 Å². The predicted molar refractivity (Wildman–Crippen MR) is 144 cm³/mol. The number of amides is 1. The van der Waals surface area contributed by atoms with Gasteiger partial charge in [-0.2, -0.15) is 5.10 Å². The molecular formula is C27H29N3O2S2. The lowest BCUT2D eigenvalue weighted by Gasteiger charge is -2.16. The van der Waals surface area contributed by atoms with E-state index in [4.69, 9.17) is 22.1 Å². The standard InChI is InChI=1S/C27H29N3O2S2/c1-5-13-32-23-12-11-20(14-19(23)4)25-21(17-30(28-25)22-9-7-6-8-10-22)15-24-26(31)29(16-18(2)3)27(33)34-24/h6-12,14-15,17-18H,5,13,16H2,1-4H3. The summed E-state index contributed by atoms with van der Waals surface area (Å²) in [5.41, 5.74) is 4.66. The van der Waals surface area contributed by atoms with E-state index in [-0.39, 0.29) is 5.91 Å². The smallest absolute Gasteiger partial charge is 0.266 e. The van der Waals surface area contributed by atoms with Gasteiger partial charge in [-0.1, -0.05) is 63.0 Å². The molecule has 0 aliphatic carbocycles. The van der Waals surface area contributed by atoms with Crippen molar-refractivity contribution in [2.45, 2.75) is 34.1 Å². The molecule has 34 heavy (non-hydrogen) atoms. The molecule has 1 saturated heterocycles. The van der Waals surface area contributed by atoms with Crippen molar-refractivity contribution < 1.29 is 9.53 Å². The number of aryl methyl sites for hydroxylation is 1. The molecule has 1 fully saturated rings. The van der Waals surface area contributed by atoms with Gasteiger partial charge >= 0.3 is 0 Å². The van der Waals surface area contributed by atoms with Crippen LogP contribution in [-0.2, 0) is 4.79 Å². The molecule has 1 aromatic heterocycles. The number of nitrogens with zero attached hydrogens (tertiary/aromatic N) is 3. The number of thioether (sulfide) groups is 1. The fourth-order valence-corrected chi connectivity index (χ4v) is 5.03. The van der Waals surface area contributed by atoms with E-state index in [9.17, 15) is 4.79 Å². The Hall–Kier alpha value is -2.90. The van der Waals surface area contributed by atoms with Gasteiger partial charge in [-0.25, -0.2) is 4.68 Å². The second kappa shape index (κ2) is 10.6. The fourth-order valence-electron chi connectivity index (χ4n) is 3.76. The molecule has 176 valence electrons. The number of carbonyl (C=O) groups excluding carboxylic acids is 1. The Bertz CT molecular complexity index is 1230. The van der Waals surface area contributed by atoms with Crippen molar-refractivity contribution in [3.63, 3.8) is 0 Å². The van der Waals surface area contributed by atoms with Gasteiger partial charge in [0.1, 0.15) is 15.8 Å². The summed E-state index contributed by atoms with van der Waals surface area (Å²) in [6.07, 6.45) is 4.84. The van der Waals surface area contributed by atoms with Crippen molar-refractivity contribution in [3.05, 3.63) is 70.8 Å². The van der Waals surface area contributed by atoms with Gasteiger partial charge in [0, 0.05) is 23.9 Å². The first-order chi connectivity index (χ1) is 16.4. The molecule has 7 heteroatoms. The molecule has 0 atom stereocenters. The van der Waals surface area contributed by atoms with Crippen molar-refractivity contribution in [1.29, 1.82) is 0 Å². The SMILES string of the molecule is CCCOc1ccc(-c2nn(-c3ccccc3)cc2C=C2SC(=S)N(CC(C)C)C2=O)cc1C. The largest absolute Gasteiger partial charge is 0.493 e. The second-order valence-electron chi connectivity index (χ2n) is 8.73. The van der Waals surface area contributed by atoms with E-state index in [0.717, 1.165) is 40.2 Å². The van der Waals surface area contributed by atoms with Crippen LogP contribution in [0, 0.1) is 12.8 Å². The lowest BCUT2D eigenvalue weighted by Crippen LogP contribution is -2.31. The molecular weight excluding hydrogens is 462 g/mol. The third-order valence-corrected chi connectivity index (χ3v) is 6.76. The molecule has 3 aromatic rings. The quantitative estimate of drug-likeness (QED) is 0.266. The van der Waals surface area contributed by atoms with E-state index in [1.807, 2.05) is 66.3 Å². The van der Waals surface area contributed by atoms with Crippen LogP contribution in [0.4, 0.5) is 0 Å². The maximum Gasteiger partial charge on any atom is 0.266 e. The summed E-state index contributed by atoms with van der Waals surface area (Å²) in [7, 11) is 0. The van der Waals surface area contributed by atoms with Crippen molar-refractivity contribution in [1.82, 2.24) is 14.7 Å². The van der Waals surface area contributed by atoms with Gasteiger partial charge in [-0.3, -0.25) is 9.69 Å². The minimum Gasteiger partial charge on any atom is -0.493 e. The summed E-state index contributed by atoms with van der Waals surface area (Å²) >= 11 is 6.85. The van der Waals surface area contributed by atoms with Crippen LogP contribution in [0.25, 0.3) is 23.0 Å². The third kappa shape index (κ3) is 5.26. The average Bonchev–Trinajstić information content (AvgIpc) is 3.35. The first-order valence-electron chi connectivity index (χ1n) is 11.5. The summed E-state index contributed by atoms with van der Waals surface area (Å²) in [5.74, 6) is 1.18. The number of ether oxygens (including phenoxy) is 1. The van der Waals surface area contributed by atoms with Gasteiger partial charge in [-0.05, 0) is 61.2 Å². The van der Waals surface area contributed by atoms with Gasteiger partial charge in [0.15, 0.2) is 0 Å². The highest BCUT2D eigenvalue weighted by atomic mass is 32.2. The van der Waals surface area contributed by atoms with Crippen LogP contribution in [0.5, 0.6) is 5.75 Å². The highest BCUT2D eigenvalue weighted by Crippen LogP contribution is 2.36. The van der Waals surface area contributed by atoms with Crippen LogP contribution < -0.4 is 4.74 Å². The maximum absolute atomic E-state index is 13.1. The highest BCUT2D eigenvalue weighted by Gasteiger charge is 2.32. The first kappa shape index (κ1) is 24.2. The molecule has 2 heterocycles. The van der Waals surface area contributed by atoms with Gasteiger partial charge in [-0.15, -0.1) is 0 Å². The van der Waals surface area contributed by atoms with Crippen molar-refractivity contribution in [3.8, 4) is 22.7 Å². The van der Waals surface area contributed by atoms with Gasteiger partial charge < -0.3 is 4.74 Å². The molecule has 2 aromatic carbocycles. The molecule has 1 amide bonds. The minimum atomic E-state index is -0.0402. The van der Waals surface area contributed by atoms with Gasteiger partial charge in [0.25, 0.3) is 5.91 Å². The highest BCUT2D eigenvalue weighted by molar-refractivity contribution is 8.26. The predicted octanol–water partition coefficient (Wildman–Crippen LogP) is 6.49. The Morgan fingerprint density at radius 1 is 1.18 bits per heavy atom. The number of thiocarbonyl (C=S) groups is 1. The number of para-hydroxylation sites is 1. The number of hydrogen-bond donors (Lipinski definition) is 0. The number of rotatable bonds is 8. The minimum absolute atomic E-state index is 0.0402. The molecule has 4 rings (SSSR count). The topological polar surface area (TPSA) is 47.4 Å². The van der Waals surface area contributed by atoms with E-state index in [2.05, 4.69) is 26.8 Å². The van der Waals surface area contributed by atoms with Crippen molar-refractivity contribution in [2.75, 3.05) is 13.2 Å². The zero-order chi connectivity index (χ0) is 24.2. The molecule has 1 aliphatic rings. The van der Waals surface area contributed by atoms with Crippen LogP contribution in [0.3, 0.4) is 0 Å². The number of benzene rings is 2. The van der Waals surface area contributed by atoms with E-state index < -0.39 is 0 Å².